The topological polar surface area (TPSA) is 47.6 Å². The number of carbonyl (C=O) groups is 1. The molecule has 5 heteroatoms. The Morgan fingerprint density at radius 2 is 1.92 bits per heavy atom. The molecule has 2 aromatic rings. The number of ether oxygens (including phenoxy) is 2. The summed E-state index contributed by atoms with van der Waals surface area (Å²) >= 11 is 3.51. The smallest absolute Gasteiger partial charge is 0.262 e. The van der Waals surface area contributed by atoms with Crippen molar-refractivity contribution < 1.29 is 14.3 Å². The molecule has 0 saturated heterocycles. The van der Waals surface area contributed by atoms with Crippen molar-refractivity contribution in [2.45, 2.75) is 26.2 Å². The number of para-hydroxylation sites is 2. The summed E-state index contributed by atoms with van der Waals surface area (Å²) in [6.07, 6.45) is 3.36. The van der Waals surface area contributed by atoms with Crippen LogP contribution >= 0.6 is 15.9 Å². The molecule has 2 rings (SSSR count). The average Bonchev–Trinajstić information content (AvgIpc) is 2.60. The number of rotatable bonds is 8. The van der Waals surface area contributed by atoms with Gasteiger partial charge >= 0.3 is 0 Å². The SMILES string of the molecule is CCCCc1ccc(NC(=O)COc2ccccc2OC)c(Br)c1. The first-order valence-corrected chi connectivity index (χ1v) is 8.77. The maximum atomic E-state index is 12.1. The second-order valence-electron chi connectivity index (χ2n) is 5.41. The van der Waals surface area contributed by atoms with Gasteiger partial charge in [0.25, 0.3) is 5.91 Å². The molecule has 128 valence electrons. The van der Waals surface area contributed by atoms with E-state index in [1.165, 1.54) is 5.56 Å². The summed E-state index contributed by atoms with van der Waals surface area (Å²) in [7, 11) is 1.57. The van der Waals surface area contributed by atoms with E-state index in [9.17, 15) is 4.79 Å². The highest BCUT2D eigenvalue weighted by Crippen LogP contribution is 2.26. The summed E-state index contributed by atoms with van der Waals surface area (Å²) in [5.74, 6) is 0.929. The minimum atomic E-state index is -0.220. The fourth-order valence-electron chi connectivity index (χ4n) is 2.26. The maximum absolute atomic E-state index is 12.1. The quantitative estimate of drug-likeness (QED) is 0.701. The molecule has 4 nitrogen and oxygen atoms in total. The summed E-state index contributed by atoms with van der Waals surface area (Å²) < 4.78 is 11.6. The zero-order chi connectivity index (χ0) is 17.4. The van der Waals surface area contributed by atoms with Crippen molar-refractivity contribution in [3.63, 3.8) is 0 Å². The highest BCUT2D eigenvalue weighted by molar-refractivity contribution is 9.10. The number of methoxy groups -OCH3 is 1. The molecule has 0 aliphatic heterocycles. The third-order valence-corrected chi connectivity index (χ3v) is 4.21. The second kappa shape index (κ2) is 9.33. The van der Waals surface area contributed by atoms with Crippen LogP contribution in [0.4, 0.5) is 5.69 Å². The molecule has 0 fully saturated rings. The van der Waals surface area contributed by atoms with Crippen LogP contribution in [-0.2, 0) is 11.2 Å². The maximum Gasteiger partial charge on any atom is 0.262 e. The monoisotopic (exact) mass is 391 g/mol. The number of carbonyl (C=O) groups excluding carboxylic acids is 1. The Balaban J connectivity index is 1.92. The minimum Gasteiger partial charge on any atom is -0.493 e. The first-order chi connectivity index (χ1) is 11.6. The standard InChI is InChI=1S/C19H22BrNO3/c1-3-4-7-14-10-11-16(15(20)12-14)21-19(22)13-24-18-9-6-5-8-17(18)23-2/h5-6,8-12H,3-4,7,13H2,1-2H3,(H,21,22). The zero-order valence-electron chi connectivity index (χ0n) is 14.0. The number of benzene rings is 2. The van der Waals surface area contributed by atoms with E-state index in [1.54, 1.807) is 19.2 Å². The van der Waals surface area contributed by atoms with E-state index in [0.29, 0.717) is 11.5 Å². The van der Waals surface area contributed by atoms with Crippen LogP contribution in [0.5, 0.6) is 11.5 Å². The summed E-state index contributed by atoms with van der Waals surface area (Å²) in [6, 6.07) is 13.2. The molecule has 1 amide bonds. The molecule has 1 N–H and O–H groups in total. The van der Waals surface area contributed by atoms with Crippen LogP contribution in [0.2, 0.25) is 0 Å². The van der Waals surface area contributed by atoms with E-state index in [2.05, 4.69) is 28.2 Å². The second-order valence-corrected chi connectivity index (χ2v) is 6.26. The highest BCUT2D eigenvalue weighted by Gasteiger charge is 2.09. The summed E-state index contributed by atoms with van der Waals surface area (Å²) in [4.78, 5) is 12.1. The lowest BCUT2D eigenvalue weighted by molar-refractivity contribution is -0.118. The van der Waals surface area contributed by atoms with Gasteiger partial charge in [-0.1, -0.05) is 31.5 Å². The molecule has 0 aromatic heterocycles. The first kappa shape index (κ1) is 18.3. The van der Waals surface area contributed by atoms with E-state index in [1.807, 2.05) is 30.3 Å². The Labute approximate surface area is 151 Å². The number of hydrogen-bond acceptors (Lipinski definition) is 3. The fraction of sp³-hybridized carbons (Fsp3) is 0.316. The molecule has 0 spiro atoms. The Morgan fingerprint density at radius 3 is 2.58 bits per heavy atom. The van der Waals surface area contributed by atoms with Gasteiger partial charge in [-0.15, -0.1) is 0 Å². The van der Waals surface area contributed by atoms with Gasteiger partial charge in [0.1, 0.15) is 0 Å². The van der Waals surface area contributed by atoms with Gasteiger partial charge in [0.15, 0.2) is 18.1 Å². The first-order valence-electron chi connectivity index (χ1n) is 7.98. The van der Waals surface area contributed by atoms with E-state index in [4.69, 9.17) is 9.47 Å². The van der Waals surface area contributed by atoms with Crippen molar-refractivity contribution in [1.29, 1.82) is 0 Å². The average molecular weight is 392 g/mol. The minimum absolute atomic E-state index is 0.0790. The number of unbranched alkanes of at least 4 members (excludes halogenated alkanes) is 1. The number of anilines is 1. The molecular weight excluding hydrogens is 370 g/mol. The van der Waals surface area contributed by atoms with Crippen molar-refractivity contribution >= 4 is 27.5 Å². The van der Waals surface area contributed by atoms with Crippen LogP contribution in [0, 0.1) is 0 Å². The summed E-state index contributed by atoms with van der Waals surface area (Å²) in [6.45, 7) is 2.09. The van der Waals surface area contributed by atoms with Crippen LogP contribution in [0.3, 0.4) is 0 Å². The molecule has 0 bridgehead atoms. The largest absolute Gasteiger partial charge is 0.493 e. The van der Waals surface area contributed by atoms with E-state index in [-0.39, 0.29) is 12.5 Å². The molecule has 0 atom stereocenters. The Bertz CT molecular complexity index is 688. The van der Waals surface area contributed by atoms with Crippen molar-refractivity contribution in [1.82, 2.24) is 0 Å². The summed E-state index contributed by atoms with van der Waals surface area (Å²) in [5, 5.41) is 2.85. The number of nitrogens with one attached hydrogen (secondary N) is 1. The van der Waals surface area contributed by atoms with Gasteiger partial charge in [-0.25, -0.2) is 0 Å². The third kappa shape index (κ3) is 5.27. The van der Waals surface area contributed by atoms with E-state index >= 15 is 0 Å². The normalized spacial score (nSPS) is 10.3. The lowest BCUT2D eigenvalue weighted by Gasteiger charge is -2.12. The fourth-order valence-corrected chi connectivity index (χ4v) is 2.79. The van der Waals surface area contributed by atoms with Crippen LogP contribution in [0.25, 0.3) is 0 Å². The van der Waals surface area contributed by atoms with E-state index in [0.717, 1.165) is 29.4 Å². The van der Waals surface area contributed by atoms with Crippen molar-refractivity contribution in [3.8, 4) is 11.5 Å². The molecule has 2 aromatic carbocycles. The van der Waals surface area contributed by atoms with Crippen molar-refractivity contribution in [2.75, 3.05) is 19.0 Å². The van der Waals surface area contributed by atoms with Gasteiger partial charge in [0.2, 0.25) is 0 Å². The van der Waals surface area contributed by atoms with Gasteiger partial charge in [0.05, 0.1) is 12.8 Å². The molecule has 0 radical (unpaired) electrons. The van der Waals surface area contributed by atoms with Crippen LogP contribution < -0.4 is 14.8 Å². The third-order valence-electron chi connectivity index (χ3n) is 3.55. The van der Waals surface area contributed by atoms with Crippen LogP contribution in [0.15, 0.2) is 46.9 Å². The van der Waals surface area contributed by atoms with Gasteiger partial charge in [-0.3, -0.25) is 4.79 Å². The predicted octanol–water partition coefficient (Wildman–Crippen LogP) is 4.82. The lowest BCUT2D eigenvalue weighted by atomic mass is 10.1. The Hall–Kier alpha value is -2.01. The zero-order valence-corrected chi connectivity index (χ0v) is 15.6. The number of hydrogen-bond donors (Lipinski definition) is 1. The molecule has 0 heterocycles. The molecule has 0 aliphatic rings. The van der Waals surface area contributed by atoms with Crippen molar-refractivity contribution in [2.24, 2.45) is 0 Å². The number of amides is 1. The van der Waals surface area contributed by atoms with Gasteiger partial charge in [-0.05, 0) is 58.6 Å². The van der Waals surface area contributed by atoms with Gasteiger partial charge < -0.3 is 14.8 Å². The predicted molar refractivity (Wildman–Crippen MR) is 99.9 cm³/mol. The number of aryl methyl sites for hydroxylation is 1. The van der Waals surface area contributed by atoms with Gasteiger partial charge in [-0.2, -0.15) is 0 Å². The molecule has 24 heavy (non-hydrogen) atoms. The molecule has 0 unspecified atom stereocenters. The molecular formula is C19H22BrNO3. The van der Waals surface area contributed by atoms with E-state index < -0.39 is 0 Å². The Kier molecular flexibility index (Phi) is 7.12. The highest BCUT2D eigenvalue weighted by atomic mass is 79.9. The lowest BCUT2D eigenvalue weighted by Crippen LogP contribution is -2.20. The molecule has 0 aliphatic carbocycles. The molecule has 0 saturated carbocycles. The van der Waals surface area contributed by atoms with Crippen LogP contribution in [-0.4, -0.2) is 19.6 Å². The number of halogens is 1. The van der Waals surface area contributed by atoms with Crippen molar-refractivity contribution in [3.05, 3.63) is 52.5 Å². The summed E-state index contributed by atoms with van der Waals surface area (Å²) in [5.41, 5.74) is 2.00. The van der Waals surface area contributed by atoms with Gasteiger partial charge in [0, 0.05) is 4.47 Å². The van der Waals surface area contributed by atoms with Crippen LogP contribution in [0.1, 0.15) is 25.3 Å². The Morgan fingerprint density at radius 1 is 1.17 bits per heavy atom.